The molecule has 2 amide bonds. The number of carbonyl (C=O) groups is 2. The van der Waals surface area contributed by atoms with Gasteiger partial charge < -0.3 is 19.4 Å². The third kappa shape index (κ3) is 5.00. The standard InChI is InChI=1S/C19H36N2O4Si/c1-18(2,3)24-17(23)21-12-14(25-26(7,8)19(4,5)6)10-15(21)13-9-16(22)20-11-13/h13-15H,9-12H2,1-8H3,(H,20,22)/t13-,14+,15-/m0/s1. The van der Waals surface area contributed by atoms with E-state index in [9.17, 15) is 9.59 Å². The molecule has 2 heterocycles. The van der Waals surface area contributed by atoms with Gasteiger partial charge in [-0.3, -0.25) is 4.79 Å². The quantitative estimate of drug-likeness (QED) is 0.756. The highest BCUT2D eigenvalue weighted by atomic mass is 28.4. The molecule has 2 fully saturated rings. The Morgan fingerprint density at radius 1 is 1.19 bits per heavy atom. The van der Waals surface area contributed by atoms with Gasteiger partial charge in [-0.25, -0.2) is 4.79 Å². The maximum absolute atomic E-state index is 12.8. The summed E-state index contributed by atoms with van der Waals surface area (Å²) < 4.78 is 12.2. The van der Waals surface area contributed by atoms with Crippen LogP contribution in [0.3, 0.4) is 0 Å². The monoisotopic (exact) mass is 384 g/mol. The van der Waals surface area contributed by atoms with Gasteiger partial charge in [-0.1, -0.05) is 20.8 Å². The predicted octanol–water partition coefficient (Wildman–Crippen LogP) is 3.52. The number of ether oxygens (including phenoxy) is 1. The maximum atomic E-state index is 12.8. The van der Waals surface area contributed by atoms with Crippen LogP contribution in [0.25, 0.3) is 0 Å². The number of likely N-dealkylation sites (tertiary alicyclic amines) is 1. The molecule has 0 bridgehead atoms. The lowest BCUT2D eigenvalue weighted by atomic mass is 9.96. The van der Waals surface area contributed by atoms with E-state index in [0.717, 1.165) is 6.42 Å². The van der Waals surface area contributed by atoms with Gasteiger partial charge in [-0.2, -0.15) is 0 Å². The summed E-state index contributed by atoms with van der Waals surface area (Å²) in [4.78, 5) is 26.3. The van der Waals surface area contributed by atoms with Crippen molar-refractivity contribution in [2.45, 2.75) is 90.3 Å². The molecule has 7 heteroatoms. The summed E-state index contributed by atoms with van der Waals surface area (Å²) in [6, 6.07) is -0.0152. The number of nitrogens with one attached hydrogen (secondary N) is 1. The van der Waals surface area contributed by atoms with Gasteiger partial charge in [0.1, 0.15) is 5.60 Å². The summed E-state index contributed by atoms with van der Waals surface area (Å²) in [5, 5.41) is 3.01. The Morgan fingerprint density at radius 3 is 2.27 bits per heavy atom. The first-order chi connectivity index (χ1) is 11.7. The minimum Gasteiger partial charge on any atom is -0.444 e. The van der Waals surface area contributed by atoms with Crippen molar-refractivity contribution in [3.8, 4) is 0 Å². The second-order valence-corrected chi connectivity index (χ2v) is 15.0. The summed E-state index contributed by atoms with van der Waals surface area (Å²) in [5.41, 5.74) is -0.538. The van der Waals surface area contributed by atoms with E-state index in [2.05, 4.69) is 39.2 Å². The van der Waals surface area contributed by atoms with E-state index in [1.54, 1.807) is 4.90 Å². The molecule has 0 aromatic carbocycles. The number of rotatable bonds is 3. The summed E-state index contributed by atoms with van der Waals surface area (Å²) >= 11 is 0. The minimum atomic E-state index is -1.93. The van der Waals surface area contributed by atoms with Crippen LogP contribution in [-0.2, 0) is 14.0 Å². The normalized spacial score (nSPS) is 27.6. The van der Waals surface area contributed by atoms with E-state index >= 15 is 0 Å². The molecule has 6 nitrogen and oxygen atoms in total. The van der Waals surface area contributed by atoms with Crippen molar-refractivity contribution >= 4 is 20.3 Å². The molecule has 0 aliphatic carbocycles. The Kier molecular flexibility index (Phi) is 5.83. The fraction of sp³-hybridized carbons (Fsp3) is 0.895. The third-order valence-corrected chi connectivity index (χ3v) is 10.3. The molecule has 0 aromatic heterocycles. The fourth-order valence-corrected chi connectivity index (χ4v) is 4.74. The number of hydrogen-bond donors (Lipinski definition) is 1. The molecular weight excluding hydrogens is 348 g/mol. The molecule has 3 atom stereocenters. The zero-order valence-corrected chi connectivity index (χ0v) is 18.6. The molecule has 0 saturated carbocycles. The largest absolute Gasteiger partial charge is 0.444 e. The number of hydrogen-bond acceptors (Lipinski definition) is 4. The van der Waals surface area contributed by atoms with E-state index in [-0.39, 0.29) is 35.1 Å². The molecule has 0 spiro atoms. The fourth-order valence-electron chi connectivity index (χ4n) is 3.38. The van der Waals surface area contributed by atoms with Gasteiger partial charge in [-0.05, 0) is 45.3 Å². The molecule has 2 aliphatic rings. The smallest absolute Gasteiger partial charge is 0.410 e. The van der Waals surface area contributed by atoms with E-state index in [1.165, 1.54) is 0 Å². The highest BCUT2D eigenvalue weighted by molar-refractivity contribution is 6.74. The molecule has 0 aromatic rings. The average molecular weight is 385 g/mol. The van der Waals surface area contributed by atoms with Crippen molar-refractivity contribution in [3.05, 3.63) is 0 Å². The number of carbonyl (C=O) groups excluding carboxylic acids is 2. The highest BCUT2D eigenvalue weighted by Crippen LogP contribution is 2.40. The van der Waals surface area contributed by atoms with Crippen molar-refractivity contribution < 1.29 is 18.8 Å². The summed E-state index contributed by atoms with van der Waals surface area (Å²) in [6.07, 6.45) is 0.939. The van der Waals surface area contributed by atoms with E-state index in [0.29, 0.717) is 19.5 Å². The lowest BCUT2D eigenvalue weighted by Gasteiger charge is -2.38. The first kappa shape index (κ1) is 21.2. The summed E-state index contributed by atoms with van der Waals surface area (Å²) in [5.74, 6) is 0.191. The summed E-state index contributed by atoms with van der Waals surface area (Å²) in [6.45, 7) is 17.9. The van der Waals surface area contributed by atoms with E-state index in [1.807, 2.05) is 20.8 Å². The van der Waals surface area contributed by atoms with Crippen molar-refractivity contribution in [2.24, 2.45) is 5.92 Å². The summed E-state index contributed by atoms with van der Waals surface area (Å²) in [7, 11) is -1.93. The van der Waals surface area contributed by atoms with Crippen molar-refractivity contribution in [3.63, 3.8) is 0 Å². The van der Waals surface area contributed by atoms with Gasteiger partial charge in [0, 0.05) is 31.5 Å². The van der Waals surface area contributed by atoms with Gasteiger partial charge in [0.25, 0.3) is 0 Å². The van der Waals surface area contributed by atoms with Crippen LogP contribution >= 0.6 is 0 Å². The topological polar surface area (TPSA) is 67.9 Å². The Labute approximate surface area is 159 Å². The number of nitrogens with zero attached hydrogens (tertiary/aromatic N) is 1. The van der Waals surface area contributed by atoms with Crippen LogP contribution in [0.2, 0.25) is 18.1 Å². The lowest BCUT2D eigenvalue weighted by molar-refractivity contribution is -0.119. The first-order valence-corrected chi connectivity index (χ1v) is 12.5. The van der Waals surface area contributed by atoms with Gasteiger partial charge in [0.2, 0.25) is 5.91 Å². The first-order valence-electron chi connectivity index (χ1n) is 9.64. The molecule has 1 N–H and O–H groups in total. The van der Waals surface area contributed by atoms with Gasteiger partial charge in [0.05, 0.1) is 6.10 Å². The average Bonchev–Trinajstić information content (AvgIpc) is 3.01. The highest BCUT2D eigenvalue weighted by Gasteiger charge is 2.47. The zero-order valence-electron chi connectivity index (χ0n) is 17.6. The van der Waals surface area contributed by atoms with E-state index < -0.39 is 13.9 Å². The Bertz CT molecular complexity index is 551. The van der Waals surface area contributed by atoms with Crippen molar-refractivity contribution in [2.75, 3.05) is 13.1 Å². The second kappa shape index (κ2) is 7.15. The van der Waals surface area contributed by atoms with Crippen LogP contribution in [0.1, 0.15) is 54.4 Å². The molecule has 0 radical (unpaired) electrons. The third-order valence-electron chi connectivity index (χ3n) is 5.75. The molecule has 2 aliphatic heterocycles. The Balaban J connectivity index is 2.15. The maximum Gasteiger partial charge on any atom is 0.410 e. The van der Waals surface area contributed by atoms with Crippen LogP contribution in [0.4, 0.5) is 4.79 Å². The predicted molar refractivity (Wildman–Crippen MR) is 105 cm³/mol. The van der Waals surface area contributed by atoms with Gasteiger partial charge in [-0.15, -0.1) is 0 Å². The van der Waals surface area contributed by atoms with E-state index in [4.69, 9.17) is 9.16 Å². The Hall–Kier alpha value is -1.08. The van der Waals surface area contributed by atoms with Crippen molar-refractivity contribution in [1.82, 2.24) is 10.2 Å². The lowest BCUT2D eigenvalue weighted by Crippen LogP contribution is -2.45. The molecule has 150 valence electrons. The molecule has 2 rings (SSSR count). The Morgan fingerprint density at radius 2 is 1.81 bits per heavy atom. The molecule has 2 saturated heterocycles. The van der Waals surface area contributed by atoms with Crippen LogP contribution in [0, 0.1) is 5.92 Å². The van der Waals surface area contributed by atoms with Crippen molar-refractivity contribution in [1.29, 1.82) is 0 Å². The van der Waals surface area contributed by atoms with Crippen LogP contribution in [-0.4, -0.2) is 56.1 Å². The molecular formula is C19H36N2O4Si. The van der Waals surface area contributed by atoms with Gasteiger partial charge >= 0.3 is 6.09 Å². The second-order valence-electron chi connectivity index (χ2n) is 10.2. The molecule has 26 heavy (non-hydrogen) atoms. The SMILES string of the molecule is CC(C)(C)OC(=O)N1C[C@H](O[Si](C)(C)C(C)(C)C)C[C@H]1[C@@H]1CNC(=O)C1. The van der Waals surface area contributed by atoms with Crippen LogP contribution in [0.15, 0.2) is 0 Å². The zero-order chi connectivity index (χ0) is 19.9. The van der Waals surface area contributed by atoms with Gasteiger partial charge in [0.15, 0.2) is 8.32 Å². The molecule has 0 unspecified atom stereocenters. The minimum absolute atomic E-state index is 0.00381. The van der Waals surface area contributed by atoms with Crippen LogP contribution < -0.4 is 5.32 Å². The van der Waals surface area contributed by atoms with Crippen LogP contribution in [0.5, 0.6) is 0 Å². The number of amides is 2.